The maximum absolute atomic E-state index is 10.1. The number of benzene rings is 1. The number of aromatic hydroxyl groups is 1. The molecule has 0 spiro atoms. The molecular formula is C17H21N3O. The van der Waals surface area contributed by atoms with E-state index in [1.165, 1.54) is 32.5 Å². The zero-order valence-electron chi connectivity index (χ0n) is 12.2. The normalized spacial score (nSPS) is 27.9. The molecule has 1 atom stereocenters. The van der Waals surface area contributed by atoms with Gasteiger partial charge in [-0.15, -0.1) is 5.10 Å². The average molecular weight is 283 g/mol. The van der Waals surface area contributed by atoms with E-state index in [0.717, 1.165) is 23.6 Å². The van der Waals surface area contributed by atoms with Crippen molar-refractivity contribution in [2.45, 2.75) is 19.4 Å². The van der Waals surface area contributed by atoms with Gasteiger partial charge < -0.3 is 10.0 Å². The van der Waals surface area contributed by atoms with Gasteiger partial charge in [-0.2, -0.15) is 0 Å². The first-order chi connectivity index (χ1) is 10.3. The molecule has 1 N–H and O–H groups in total. The van der Waals surface area contributed by atoms with Crippen molar-refractivity contribution in [2.24, 2.45) is 11.8 Å². The summed E-state index contributed by atoms with van der Waals surface area (Å²) >= 11 is 0. The van der Waals surface area contributed by atoms with Crippen LogP contribution >= 0.6 is 0 Å². The van der Waals surface area contributed by atoms with Crippen LogP contribution in [0.1, 0.15) is 12.8 Å². The molecule has 3 saturated heterocycles. The third-order valence-electron chi connectivity index (χ3n) is 5.04. The van der Waals surface area contributed by atoms with Crippen molar-refractivity contribution in [3.63, 3.8) is 0 Å². The Hall–Kier alpha value is -1.81. The van der Waals surface area contributed by atoms with Crippen molar-refractivity contribution >= 4 is 0 Å². The Bertz CT molecular complexity index is 614. The van der Waals surface area contributed by atoms with Crippen LogP contribution in [0.25, 0.3) is 11.1 Å². The Labute approximate surface area is 125 Å². The molecule has 4 nitrogen and oxygen atoms in total. The van der Waals surface area contributed by atoms with Gasteiger partial charge in [0, 0.05) is 19.3 Å². The van der Waals surface area contributed by atoms with Crippen LogP contribution < -0.4 is 0 Å². The van der Waals surface area contributed by atoms with E-state index < -0.39 is 0 Å². The van der Waals surface area contributed by atoms with Crippen LogP contribution in [-0.4, -0.2) is 39.4 Å². The summed E-state index contributed by atoms with van der Waals surface area (Å²) in [4.78, 5) is 2.56. The third kappa shape index (κ3) is 2.44. The predicted octanol–water partition coefficient (Wildman–Crippen LogP) is 2.60. The van der Waals surface area contributed by atoms with Crippen LogP contribution in [0.3, 0.4) is 0 Å². The summed E-state index contributed by atoms with van der Waals surface area (Å²) in [5, 5.41) is 14.4. The molecular weight excluding hydrogens is 262 g/mol. The molecule has 3 aliphatic rings. The van der Waals surface area contributed by atoms with Crippen LogP contribution in [0.2, 0.25) is 0 Å². The molecule has 0 amide bonds. The van der Waals surface area contributed by atoms with Crippen LogP contribution in [0.15, 0.2) is 36.5 Å². The van der Waals surface area contributed by atoms with E-state index in [0.29, 0.717) is 5.92 Å². The Morgan fingerprint density at radius 1 is 1.14 bits per heavy atom. The summed E-state index contributed by atoms with van der Waals surface area (Å²) in [5.74, 6) is 1.65. The predicted molar refractivity (Wildman–Crippen MR) is 82.0 cm³/mol. The van der Waals surface area contributed by atoms with Crippen LogP contribution in [0.5, 0.6) is 5.88 Å². The summed E-state index contributed by atoms with van der Waals surface area (Å²) in [7, 11) is 0. The molecule has 0 unspecified atom stereocenters. The van der Waals surface area contributed by atoms with Gasteiger partial charge in [0.05, 0.1) is 5.56 Å². The quantitative estimate of drug-likeness (QED) is 0.941. The highest BCUT2D eigenvalue weighted by Crippen LogP contribution is 2.34. The van der Waals surface area contributed by atoms with Gasteiger partial charge in [-0.05, 0) is 43.3 Å². The maximum Gasteiger partial charge on any atom is 0.238 e. The fraction of sp³-hybridized carbons (Fsp3) is 0.471. The topological polar surface area (TPSA) is 41.3 Å². The highest BCUT2D eigenvalue weighted by atomic mass is 16.3. The Kier molecular flexibility index (Phi) is 3.19. The molecule has 0 aliphatic carbocycles. The fourth-order valence-corrected chi connectivity index (χ4v) is 3.86. The minimum Gasteiger partial charge on any atom is -0.492 e. The largest absolute Gasteiger partial charge is 0.492 e. The van der Waals surface area contributed by atoms with Gasteiger partial charge in [-0.3, -0.25) is 4.68 Å². The molecule has 4 heterocycles. The summed E-state index contributed by atoms with van der Waals surface area (Å²) in [6.07, 6.45) is 4.63. The molecule has 2 bridgehead atoms. The Balaban J connectivity index is 1.54. The first-order valence-corrected chi connectivity index (χ1v) is 7.84. The zero-order chi connectivity index (χ0) is 14.2. The molecule has 3 aliphatic heterocycles. The molecule has 0 radical (unpaired) electrons. The monoisotopic (exact) mass is 283 g/mol. The van der Waals surface area contributed by atoms with Crippen molar-refractivity contribution in [3.8, 4) is 17.0 Å². The van der Waals surface area contributed by atoms with Crippen molar-refractivity contribution < 1.29 is 5.11 Å². The number of hydrogen-bond donors (Lipinski definition) is 1. The molecule has 0 saturated carbocycles. The second kappa shape index (κ2) is 5.19. The maximum atomic E-state index is 10.1. The van der Waals surface area contributed by atoms with Gasteiger partial charge in [0.1, 0.15) is 0 Å². The molecule has 4 heteroatoms. The lowest BCUT2D eigenvalue weighted by atomic mass is 9.79. The van der Waals surface area contributed by atoms with Crippen molar-refractivity contribution in [1.29, 1.82) is 0 Å². The Morgan fingerprint density at radius 2 is 1.90 bits per heavy atom. The van der Waals surface area contributed by atoms with E-state index >= 15 is 0 Å². The lowest BCUT2D eigenvalue weighted by Crippen LogP contribution is -2.48. The number of nitrogens with zero attached hydrogens (tertiary/aromatic N) is 3. The van der Waals surface area contributed by atoms with E-state index in [1.807, 2.05) is 41.2 Å². The van der Waals surface area contributed by atoms with E-state index in [1.54, 1.807) is 0 Å². The van der Waals surface area contributed by atoms with E-state index in [9.17, 15) is 5.11 Å². The van der Waals surface area contributed by atoms with Crippen molar-refractivity contribution in [3.05, 3.63) is 36.5 Å². The van der Waals surface area contributed by atoms with Gasteiger partial charge in [0.25, 0.3) is 0 Å². The lowest BCUT2D eigenvalue weighted by Gasteiger charge is -2.44. The minimum atomic E-state index is 0.141. The van der Waals surface area contributed by atoms with Gasteiger partial charge in [-0.1, -0.05) is 30.3 Å². The summed E-state index contributed by atoms with van der Waals surface area (Å²) < 4.78 is 1.93. The summed E-state index contributed by atoms with van der Waals surface area (Å²) in [5.41, 5.74) is 1.85. The molecule has 2 aromatic rings. The van der Waals surface area contributed by atoms with E-state index in [2.05, 4.69) is 10.00 Å². The van der Waals surface area contributed by atoms with E-state index in [4.69, 9.17) is 0 Å². The number of hydrogen-bond acceptors (Lipinski definition) is 3. The molecule has 1 aromatic heterocycles. The average Bonchev–Trinajstić information content (AvgIpc) is 2.90. The lowest BCUT2D eigenvalue weighted by molar-refractivity contribution is 0.0404. The standard InChI is InChI=1S/C17H21N3O/c21-17-16(14-4-2-1-3-5-14)12-20(18-17)11-15-10-19-8-6-13(15)7-9-19/h1-5,12-13,15H,6-11H2,(H,18,21)/t15-/m0/s1. The first-order valence-electron chi connectivity index (χ1n) is 7.84. The minimum absolute atomic E-state index is 0.141. The van der Waals surface area contributed by atoms with Gasteiger partial charge in [-0.25, -0.2) is 0 Å². The van der Waals surface area contributed by atoms with Gasteiger partial charge in [0.15, 0.2) is 0 Å². The van der Waals surface area contributed by atoms with Crippen LogP contribution in [-0.2, 0) is 6.54 Å². The molecule has 3 fully saturated rings. The second-order valence-electron chi connectivity index (χ2n) is 6.35. The molecule has 1 aromatic carbocycles. The van der Waals surface area contributed by atoms with Gasteiger partial charge in [0.2, 0.25) is 5.88 Å². The Morgan fingerprint density at radius 3 is 2.57 bits per heavy atom. The van der Waals surface area contributed by atoms with Crippen molar-refractivity contribution in [1.82, 2.24) is 14.7 Å². The molecule has 110 valence electrons. The SMILES string of the molecule is Oc1nn(C[C@@H]2CN3CCC2CC3)cc1-c1ccccc1. The highest BCUT2D eigenvalue weighted by molar-refractivity contribution is 5.67. The van der Waals surface area contributed by atoms with Crippen LogP contribution in [0, 0.1) is 11.8 Å². The first kappa shape index (κ1) is 12.9. The third-order valence-corrected chi connectivity index (χ3v) is 5.04. The van der Waals surface area contributed by atoms with Crippen LogP contribution in [0.4, 0.5) is 0 Å². The smallest absolute Gasteiger partial charge is 0.238 e. The zero-order valence-corrected chi connectivity index (χ0v) is 12.2. The fourth-order valence-electron chi connectivity index (χ4n) is 3.86. The number of aromatic nitrogens is 2. The second-order valence-corrected chi connectivity index (χ2v) is 6.35. The number of fused-ring (bicyclic) bond motifs is 3. The molecule has 21 heavy (non-hydrogen) atoms. The highest BCUT2D eigenvalue weighted by Gasteiger charge is 2.34. The number of rotatable bonds is 3. The molecule has 5 rings (SSSR count). The van der Waals surface area contributed by atoms with Crippen molar-refractivity contribution in [2.75, 3.05) is 19.6 Å². The van der Waals surface area contributed by atoms with E-state index in [-0.39, 0.29) is 5.88 Å². The summed E-state index contributed by atoms with van der Waals surface area (Å²) in [6, 6.07) is 9.97. The van der Waals surface area contributed by atoms with Gasteiger partial charge >= 0.3 is 0 Å². The summed E-state index contributed by atoms with van der Waals surface area (Å²) in [6.45, 7) is 4.63. The number of piperidine rings is 3.